The van der Waals surface area contributed by atoms with Crippen molar-refractivity contribution in [2.24, 2.45) is 17.1 Å². The van der Waals surface area contributed by atoms with Crippen LogP contribution in [0.5, 0.6) is 0 Å². The normalized spacial score (nSPS) is 28.4. The van der Waals surface area contributed by atoms with Gasteiger partial charge < -0.3 is 10.8 Å². The molecule has 0 spiro atoms. The number of benzene rings is 2. The molecule has 0 saturated heterocycles. The molecule has 2 aliphatic carbocycles. The number of halogens is 3. The number of carboxylic acids is 1. The van der Waals surface area contributed by atoms with E-state index in [4.69, 9.17) is 5.73 Å². The summed E-state index contributed by atoms with van der Waals surface area (Å²) in [4.78, 5) is 26.1. The van der Waals surface area contributed by atoms with Gasteiger partial charge in [0.25, 0.3) is 0 Å². The molecule has 2 aromatic rings. The van der Waals surface area contributed by atoms with Crippen LogP contribution in [0.3, 0.4) is 0 Å². The molecule has 1 fully saturated rings. The van der Waals surface area contributed by atoms with Crippen molar-refractivity contribution in [1.82, 2.24) is 0 Å². The van der Waals surface area contributed by atoms with Gasteiger partial charge in [-0.25, -0.2) is 0 Å². The van der Waals surface area contributed by atoms with Crippen molar-refractivity contribution in [1.29, 1.82) is 0 Å². The van der Waals surface area contributed by atoms with Crippen molar-refractivity contribution in [3.05, 3.63) is 69.8 Å². The maximum atomic E-state index is 13.7. The molecule has 188 valence electrons. The van der Waals surface area contributed by atoms with Crippen LogP contribution in [-0.4, -0.2) is 22.9 Å². The number of aliphatic carboxylic acids is 1. The zero-order valence-corrected chi connectivity index (χ0v) is 20.5. The molecule has 0 amide bonds. The summed E-state index contributed by atoms with van der Waals surface area (Å²) in [5, 5.41) is 10.1. The van der Waals surface area contributed by atoms with E-state index in [2.05, 4.69) is 0 Å². The lowest BCUT2D eigenvalue weighted by Crippen LogP contribution is -2.61. The van der Waals surface area contributed by atoms with E-state index in [1.165, 1.54) is 18.2 Å². The lowest BCUT2D eigenvalue weighted by molar-refractivity contribution is -0.159. The predicted molar refractivity (Wildman–Crippen MR) is 128 cm³/mol. The van der Waals surface area contributed by atoms with E-state index in [0.717, 1.165) is 17.2 Å². The number of rotatable bonds is 4. The molecule has 2 aromatic carbocycles. The summed E-state index contributed by atoms with van der Waals surface area (Å²) in [5.41, 5.74) is 6.19. The van der Waals surface area contributed by atoms with Crippen LogP contribution in [0.4, 0.5) is 13.2 Å². The monoisotopic (exact) mass is 487 g/mol. The van der Waals surface area contributed by atoms with E-state index >= 15 is 0 Å². The Bertz CT molecular complexity index is 1190. The van der Waals surface area contributed by atoms with Crippen LogP contribution in [0.2, 0.25) is 0 Å². The van der Waals surface area contributed by atoms with Crippen LogP contribution in [0, 0.1) is 11.3 Å². The van der Waals surface area contributed by atoms with Crippen LogP contribution in [-0.2, 0) is 22.8 Å². The number of carboxylic acid groups (broad SMARTS) is 1. The number of carbonyl (C=O) groups is 2. The summed E-state index contributed by atoms with van der Waals surface area (Å²) >= 11 is 0. The van der Waals surface area contributed by atoms with E-state index in [9.17, 15) is 27.9 Å². The van der Waals surface area contributed by atoms with Crippen molar-refractivity contribution in [2.75, 3.05) is 0 Å². The average molecular weight is 488 g/mol. The number of alkyl halides is 3. The van der Waals surface area contributed by atoms with Crippen LogP contribution in [0.25, 0.3) is 0 Å². The highest BCUT2D eigenvalue weighted by Crippen LogP contribution is 2.57. The molecule has 0 bridgehead atoms. The first-order valence-electron chi connectivity index (χ1n) is 12.1. The van der Waals surface area contributed by atoms with Gasteiger partial charge in [-0.3, -0.25) is 9.59 Å². The topological polar surface area (TPSA) is 80.4 Å². The summed E-state index contributed by atoms with van der Waals surface area (Å²) in [6.45, 7) is 7.57. The third kappa shape index (κ3) is 3.88. The Hall–Kier alpha value is -2.67. The number of carbonyl (C=O) groups excluding carboxylic acids is 1. The van der Waals surface area contributed by atoms with Gasteiger partial charge in [0.05, 0.1) is 11.0 Å². The molecule has 0 radical (unpaired) electrons. The van der Waals surface area contributed by atoms with Crippen LogP contribution < -0.4 is 5.73 Å². The fourth-order valence-electron chi connectivity index (χ4n) is 6.55. The highest BCUT2D eigenvalue weighted by Gasteiger charge is 2.58. The van der Waals surface area contributed by atoms with Crippen LogP contribution in [0.15, 0.2) is 36.4 Å². The second-order valence-electron chi connectivity index (χ2n) is 10.9. The van der Waals surface area contributed by atoms with E-state index in [-0.39, 0.29) is 23.0 Å². The van der Waals surface area contributed by atoms with Gasteiger partial charge in [0, 0.05) is 17.2 Å². The molecule has 2 aliphatic rings. The molecule has 3 N–H and O–H groups in total. The van der Waals surface area contributed by atoms with Gasteiger partial charge in [0.15, 0.2) is 5.78 Å². The fraction of sp³-hybridized carbons (Fsp3) is 0.500. The van der Waals surface area contributed by atoms with Crippen molar-refractivity contribution < 1.29 is 27.9 Å². The van der Waals surface area contributed by atoms with Crippen molar-refractivity contribution in [2.45, 2.75) is 76.9 Å². The summed E-state index contributed by atoms with van der Waals surface area (Å²) < 4.78 is 41.2. The van der Waals surface area contributed by atoms with Gasteiger partial charge in [0.2, 0.25) is 0 Å². The maximum absolute atomic E-state index is 13.7. The number of ketones is 1. The second kappa shape index (κ2) is 8.47. The zero-order valence-electron chi connectivity index (χ0n) is 20.5. The number of hydrogen-bond donors (Lipinski definition) is 2. The Balaban J connectivity index is 1.92. The molecule has 1 saturated carbocycles. The van der Waals surface area contributed by atoms with Gasteiger partial charge >= 0.3 is 12.1 Å². The molecule has 35 heavy (non-hydrogen) atoms. The highest BCUT2D eigenvalue weighted by atomic mass is 19.4. The average Bonchev–Trinajstić information content (AvgIpc) is 2.79. The molecule has 4 atom stereocenters. The van der Waals surface area contributed by atoms with E-state index < -0.39 is 40.4 Å². The minimum Gasteiger partial charge on any atom is -0.481 e. The molecule has 0 aliphatic heterocycles. The molecular weight excluding hydrogens is 455 g/mol. The Kier molecular flexibility index (Phi) is 6.15. The Morgan fingerprint density at radius 1 is 1.09 bits per heavy atom. The smallest absolute Gasteiger partial charge is 0.417 e. The number of hydrogen-bond acceptors (Lipinski definition) is 3. The Morgan fingerprint density at radius 2 is 1.74 bits per heavy atom. The number of fused-ring (bicyclic) bond motifs is 3. The molecule has 7 heteroatoms. The van der Waals surface area contributed by atoms with Gasteiger partial charge in [-0.2, -0.15) is 13.2 Å². The molecule has 4 nitrogen and oxygen atoms in total. The summed E-state index contributed by atoms with van der Waals surface area (Å²) in [6.07, 6.45) is -2.19. The number of aryl methyl sites for hydroxylation is 1. The fourth-order valence-corrected chi connectivity index (χ4v) is 6.55. The van der Waals surface area contributed by atoms with E-state index in [1.54, 1.807) is 13.0 Å². The molecule has 1 unspecified atom stereocenters. The quantitative estimate of drug-likeness (QED) is 0.512. The first-order valence-corrected chi connectivity index (χ1v) is 12.1. The minimum absolute atomic E-state index is 0.0770. The Morgan fingerprint density at radius 3 is 2.34 bits per heavy atom. The lowest BCUT2D eigenvalue weighted by atomic mass is 9.48. The molecular formula is C28H32F3NO3. The van der Waals surface area contributed by atoms with Gasteiger partial charge in [-0.05, 0) is 78.7 Å². The zero-order chi connectivity index (χ0) is 25.9. The van der Waals surface area contributed by atoms with Gasteiger partial charge in [-0.1, -0.05) is 45.0 Å². The third-order valence-electron chi connectivity index (χ3n) is 8.64. The van der Waals surface area contributed by atoms with Crippen LogP contribution >= 0.6 is 0 Å². The summed E-state index contributed by atoms with van der Waals surface area (Å²) in [5.74, 6) is -1.92. The van der Waals surface area contributed by atoms with Crippen molar-refractivity contribution >= 4 is 11.8 Å². The summed E-state index contributed by atoms with van der Waals surface area (Å²) in [6, 6.07) is 8.09. The second-order valence-corrected chi connectivity index (χ2v) is 10.9. The predicted octanol–water partition coefficient (Wildman–Crippen LogP) is 6.09. The largest absolute Gasteiger partial charge is 0.481 e. The maximum Gasteiger partial charge on any atom is 0.417 e. The molecule has 4 rings (SSSR count). The van der Waals surface area contributed by atoms with Crippen LogP contribution in [0.1, 0.15) is 91.1 Å². The first-order chi connectivity index (χ1) is 16.2. The lowest BCUT2D eigenvalue weighted by Gasteiger charge is -2.56. The highest BCUT2D eigenvalue weighted by molar-refractivity contribution is 6.11. The standard InChI is InChI=1S/C28H32F3NO3/c1-15(2)18-13-16-9-10-22-26(3,12-11-23(32)27(22,4)25(34)35)21(16)14-19(18)24(33)17-7-5-6-8-20(17)28(29,30)31/h5-8,13-15,22-23H,9-12,32H2,1-4H3,(H,34,35)/t22-,23?,26-,27-/m1/s1. The van der Waals surface area contributed by atoms with Gasteiger partial charge in [0.1, 0.15) is 0 Å². The minimum atomic E-state index is -4.65. The SMILES string of the molecule is CC(C)c1cc2c(cc1C(=O)c1ccccc1C(F)(F)F)[C@@]1(C)CCC(N)[C@](C)(C(=O)O)[C@@H]1CC2. The van der Waals surface area contributed by atoms with Crippen molar-refractivity contribution in [3.8, 4) is 0 Å². The van der Waals surface area contributed by atoms with Crippen molar-refractivity contribution in [3.63, 3.8) is 0 Å². The van der Waals surface area contributed by atoms with E-state index in [1.807, 2.05) is 26.8 Å². The Labute approximate surface area is 203 Å². The first kappa shape index (κ1) is 25.4. The number of nitrogens with two attached hydrogens (primary N) is 1. The third-order valence-corrected chi connectivity index (χ3v) is 8.64. The molecule has 0 aromatic heterocycles. The van der Waals surface area contributed by atoms with Gasteiger partial charge in [-0.15, -0.1) is 0 Å². The van der Waals surface area contributed by atoms with E-state index in [0.29, 0.717) is 31.2 Å². The molecule has 0 heterocycles. The summed E-state index contributed by atoms with van der Waals surface area (Å²) in [7, 11) is 0.